The highest BCUT2D eigenvalue weighted by molar-refractivity contribution is 7.99. The smallest absolute Gasteiger partial charge is 0.0914 e. The van der Waals surface area contributed by atoms with E-state index in [2.05, 4.69) is 34.5 Å². The van der Waals surface area contributed by atoms with Crippen molar-refractivity contribution in [1.82, 2.24) is 10.2 Å². The van der Waals surface area contributed by atoms with Crippen LogP contribution in [0.4, 0.5) is 0 Å². The summed E-state index contributed by atoms with van der Waals surface area (Å²) in [5, 5.41) is 12.5. The van der Waals surface area contributed by atoms with Crippen LogP contribution in [0, 0.1) is 16.7 Å². The van der Waals surface area contributed by atoms with Crippen molar-refractivity contribution in [3.8, 4) is 6.07 Å². The van der Waals surface area contributed by atoms with E-state index in [-0.39, 0.29) is 5.41 Å². The van der Waals surface area contributed by atoms with Crippen LogP contribution in [0.1, 0.15) is 6.42 Å². The van der Waals surface area contributed by atoms with Crippen LogP contribution in [-0.4, -0.2) is 48.3 Å². The fraction of sp³-hybridized carbons (Fsp3) is 0.444. The van der Waals surface area contributed by atoms with Gasteiger partial charge in [-0.1, -0.05) is 6.08 Å². The Morgan fingerprint density at radius 3 is 3.00 bits per heavy atom. The van der Waals surface area contributed by atoms with E-state index in [1.165, 1.54) is 11.3 Å². The Hall–Kier alpha value is -1.77. The second kappa shape index (κ2) is 6.03. The number of nitrogens with zero attached hydrogens (tertiary/aromatic N) is 3. The number of thioether (sulfide) groups is 1. The summed E-state index contributed by atoms with van der Waals surface area (Å²) in [5.74, 6) is 2.13. The predicted octanol–water partition coefficient (Wildman–Crippen LogP) is 2.26. The molecule has 4 aliphatic rings. The minimum absolute atomic E-state index is 0.0220. The minimum atomic E-state index is -0.0220. The van der Waals surface area contributed by atoms with Gasteiger partial charge in [0.05, 0.1) is 11.8 Å². The molecule has 2 saturated heterocycles. The first-order chi connectivity index (χ1) is 11.3. The van der Waals surface area contributed by atoms with E-state index in [1.54, 1.807) is 6.08 Å². The monoisotopic (exact) mass is 324 g/mol. The molecule has 0 amide bonds. The molecule has 1 N–H and O–H groups in total. The molecule has 2 fully saturated rings. The standard InChI is InChI=1S/C18H20N4S/c19-5-3-14-1-2-17-18(11-14)13-23-12-15(18)16(4-6-21-17)22-9-7-20-8-10-22/h1-4,6,20H,7-13H2/b14-3-. The predicted molar refractivity (Wildman–Crippen MR) is 95.3 cm³/mol. The fourth-order valence-electron chi connectivity index (χ4n) is 3.94. The van der Waals surface area contributed by atoms with Crippen LogP contribution in [-0.2, 0) is 0 Å². The zero-order valence-electron chi connectivity index (χ0n) is 13.1. The summed E-state index contributed by atoms with van der Waals surface area (Å²) in [6, 6.07) is 2.19. The third-order valence-electron chi connectivity index (χ3n) is 5.09. The van der Waals surface area contributed by atoms with Crippen LogP contribution >= 0.6 is 11.8 Å². The molecule has 4 nitrogen and oxygen atoms in total. The zero-order valence-corrected chi connectivity index (χ0v) is 13.9. The highest BCUT2D eigenvalue weighted by Crippen LogP contribution is 2.51. The topological polar surface area (TPSA) is 51.4 Å². The highest BCUT2D eigenvalue weighted by atomic mass is 32.2. The van der Waals surface area contributed by atoms with E-state index >= 15 is 0 Å². The molecule has 1 spiro atoms. The number of allylic oxidation sites excluding steroid dienone is 5. The van der Waals surface area contributed by atoms with Crippen LogP contribution in [0.15, 0.2) is 52.3 Å². The van der Waals surface area contributed by atoms with Gasteiger partial charge in [-0.15, -0.1) is 0 Å². The maximum atomic E-state index is 9.03. The summed E-state index contributed by atoms with van der Waals surface area (Å²) >= 11 is 1.99. The van der Waals surface area contributed by atoms with Crippen LogP contribution < -0.4 is 5.32 Å². The molecule has 3 aliphatic heterocycles. The number of nitriles is 1. The summed E-state index contributed by atoms with van der Waals surface area (Å²) in [6.07, 6.45) is 10.9. The number of rotatable bonds is 1. The molecule has 3 heterocycles. The number of nitrogens with one attached hydrogen (secondary N) is 1. The molecule has 0 saturated carbocycles. The lowest BCUT2D eigenvalue weighted by Gasteiger charge is -2.37. The molecule has 5 heteroatoms. The van der Waals surface area contributed by atoms with E-state index in [0.29, 0.717) is 0 Å². The van der Waals surface area contributed by atoms with Crippen molar-refractivity contribution in [2.75, 3.05) is 37.7 Å². The van der Waals surface area contributed by atoms with Gasteiger partial charge in [0.1, 0.15) is 0 Å². The quantitative estimate of drug-likeness (QED) is 0.752. The largest absolute Gasteiger partial charge is 0.369 e. The summed E-state index contributed by atoms with van der Waals surface area (Å²) in [7, 11) is 0. The highest BCUT2D eigenvalue weighted by Gasteiger charge is 2.46. The van der Waals surface area contributed by atoms with Gasteiger partial charge < -0.3 is 10.2 Å². The molecule has 23 heavy (non-hydrogen) atoms. The van der Waals surface area contributed by atoms with Gasteiger partial charge in [0, 0.05) is 61.1 Å². The maximum Gasteiger partial charge on any atom is 0.0914 e. The van der Waals surface area contributed by atoms with E-state index < -0.39 is 0 Å². The minimum Gasteiger partial charge on any atom is -0.369 e. The molecule has 0 aromatic rings. The van der Waals surface area contributed by atoms with Crippen molar-refractivity contribution in [1.29, 1.82) is 5.26 Å². The van der Waals surface area contributed by atoms with E-state index in [9.17, 15) is 0 Å². The third-order valence-corrected chi connectivity index (χ3v) is 6.28. The molecule has 118 valence electrons. The van der Waals surface area contributed by atoms with Crippen LogP contribution in [0.5, 0.6) is 0 Å². The number of aliphatic imine (C=N–C) groups is 1. The van der Waals surface area contributed by atoms with Crippen molar-refractivity contribution in [3.05, 3.63) is 47.3 Å². The van der Waals surface area contributed by atoms with Crippen LogP contribution in [0.3, 0.4) is 0 Å². The molecule has 0 aromatic carbocycles. The molecule has 0 aromatic heterocycles. The third kappa shape index (κ3) is 2.46. The van der Waals surface area contributed by atoms with Gasteiger partial charge in [-0.25, -0.2) is 0 Å². The van der Waals surface area contributed by atoms with Gasteiger partial charge in [-0.2, -0.15) is 17.0 Å². The second-order valence-corrected chi connectivity index (χ2v) is 7.35. The Balaban J connectivity index is 1.81. The van der Waals surface area contributed by atoms with E-state index in [1.807, 2.05) is 18.0 Å². The number of hydrogen-bond donors (Lipinski definition) is 1. The van der Waals surface area contributed by atoms with Crippen molar-refractivity contribution in [2.45, 2.75) is 6.42 Å². The van der Waals surface area contributed by atoms with Gasteiger partial charge in [-0.05, 0) is 29.7 Å². The summed E-state index contributed by atoms with van der Waals surface area (Å²) in [5.41, 5.74) is 5.13. The molecule has 1 aliphatic carbocycles. The molecular formula is C18H20N4S. The van der Waals surface area contributed by atoms with Crippen LogP contribution in [0.2, 0.25) is 0 Å². The number of hydrogen-bond acceptors (Lipinski definition) is 5. The lowest BCUT2D eigenvalue weighted by Crippen LogP contribution is -2.44. The SMILES string of the molecule is N#C/C=C1/C=CC2=NC=CC(N3CCNCC3)=C3CSCC23C1. The second-order valence-electron chi connectivity index (χ2n) is 6.36. The molecule has 4 rings (SSSR count). The molecule has 1 unspecified atom stereocenters. The van der Waals surface area contributed by atoms with Crippen LogP contribution in [0.25, 0.3) is 0 Å². The van der Waals surface area contributed by atoms with Crippen molar-refractivity contribution in [2.24, 2.45) is 10.4 Å². The first kappa shape index (κ1) is 14.8. The Morgan fingerprint density at radius 1 is 1.30 bits per heavy atom. The van der Waals surface area contributed by atoms with Gasteiger partial charge in [-0.3, -0.25) is 4.99 Å². The van der Waals surface area contributed by atoms with Gasteiger partial charge >= 0.3 is 0 Å². The van der Waals surface area contributed by atoms with Crippen molar-refractivity contribution < 1.29 is 0 Å². The summed E-state index contributed by atoms with van der Waals surface area (Å²) < 4.78 is 0. The first-order valence-corrected chi connectivity index (χ1v) is 9.27. The maximum absolute atomic E-state index is 9.03. The lowest BCUT2D eigenvalue weighted by atomic mass is 9.70. The Labute approximate surface area is 141 Å². The summed E-state index contributed by atoms with van der Waals surface area (Å²) in [4.78, 5) is 7.26. The summed E-state index contributed by atoms with van der Waals surface area (Å²) in [6.45, 7) is 4.18. The molecular weight excluding hydrogens is 304 g/mol. The normalized spacial score (nSPS) is 31.5. The van der Waals surface area contributed by atoms with Crippen molar-refractivity contribution >= 4 is 17.5 Å². The average molecular weight is 324 g/mol. The van der Waals surface area contributed by atoms with E-state index in [0.717, 1.165) is 55.4 Å². The van der Waals surface area contributed by atoms with Gasteiger partial charge in [0.2, 0.25) is 0 Å². The molecule has 0 radical (unpaired) electrons. The average Bonchev–Trinajstić information content (AvgIpc) is 2.91. The fourth-order valence-corrected chi connectivity index (χ4v) is 5.44. The Bertz CT molecular complexity index is 701. The van der Waals surface area contributed by atoms with Gasteiger partial charge in [0.25, 0.3) is 0 Å². The Kier molecular flexibility index (Phi) is 3.88. The lowest BCUT2D eigenvalue weighted by molar-refractivity contribution is 0.301. The van der Waals surface area contributed by atoms with E-state index in [4.69, 9.17) is 10.3 Å². The number of piperazine rings is 1. The molecule has 0 bridgehead atoms. The first-order valence-electron chi connectivity index (χ1n) is 8.12. The van der Waals surface area contributed by atoms with Crippen molar-refractivity contribution in [3.63, 3.8) is 0 Å². The molecule has 1 atom stereocenters. The van der Waals surface area contributed by atoms with Gasteiger partial charge in [0.15, 0.2) is 0 Å². The Morgan fingerprint density at radius 2 is 2.17 bits per heavy atom. The zero-order chi connectivity index (χ0) is 15.7.